The van der Waals surface area contributed by atoms with Gasteiger partial charge in [0.1, 0.15) is 11.1 Å². The Hall–Kier alpha value is -2.67. The van der Waals surface area contributed by atoms with Crippen LogP contribution < -0.4 is 10.9 Å². The van der Waals surface area contributed by atoms with Gasteiger partial charge in [-0.1, -0.05) is 41.9 Å². The van der Waals surface area contributed by atoms with Crippen LogP contribution in [0.1, 0.15) is 22.0 Å². The summed E-state index contributed by atoms with van der Waals surface area (Å²) in [6.07, 6.45) is 0. The highest BCUT2D eigenvalue weighted by Gasteiger charge is 2.25. The number of amides is 1. The molecule has 1 amide bonds. The molecule has 2 heterocycles. The van der Waals surface area contributed by atoms with Gasteiger partial charge in [0, 0.05) is 43.1 Å². The van der Waals surface area contributed by atoms with E-state index in [0.29, 0.717) is 17.2 Å². The minimum atomic E-state index is -0.631. The summed E-state index contributed by atoms with van der Waals surface area (Å²) >= 11 is 6.06. The number of fused-ring (bicyclic) bond motifs is 1. The number of rotatable bonds is 5. The molecule has 0 aliphatic carbocycles. The van der Waals surface area contributed by atoms with Crippen LogP contribution in [0.25, 0.3) is 11.0 Å². The molecule has 0 saturated carbocycles. The monoisotopic (exact) mass is 425 g/mol. The number of carbonyl (C=O) groups is 1. The Balaban J connectivity index is 1.54. The van der Waals surface area contributed by atoms with E-state index in [4.69, 9.17) is 16.0 Å². The first-order valence-electron chi connectivity index (χ1n) is 10.0. The van der Waals surface area contributed by atoms with Crippen molar-refractivity contribution in [2.24, 2.45) is 0 Å². The molecule has 4 rings (SSSR count). The van der Waals surface area contributed by atoms with Crippen LogP contribution in [-0.2, 0) is 0 Å². The molecule has 0 bridgehead atoms. The van der Waals surface area contributed by atoms with Crippen molar-refractivity contribution < 1.29 is 9.21 Å². The third-order valence-corrected chi connectivity index (χ3v) is 5.83. The molecule has 3 aromatic rings. The lowest BCUT2D eigenvalue weighted by Crippen LogP contribution is -2.48. The first-order valence-corrected chi connectivity index (χ1v) is 10.4. The summed E-state index contributed by atoms with van der Waals surface area (Å²) < 4.78 is 5.30. The third kappa shape index (κ3) is 4.56. The highest BCUT2D eigenvalue weighted by molar-refractivity contribution is 6.30. The smallest absolute Gasteiger partial charge is 0.349 e. The summed E-state index contributed by atoms with van der Waals surface area (Å²) in [5.74, 6) is -0.428. The van der Waals surface area contributed by atoms with E-state index in [1.54, 1.807) is 18.2 Å². The third-order valence-electron chi connectivity index (χ3n) is 5.58. The Labute approximate surface area is 180 Å². The quantitative estimate of drug-likeness (QED) is 0.636. The Morgan fingerprint density at radius 2 is 1.80 bits per heavy atom. The van der Waals surface area contributed by atoms with Crippen LogP contribution in [-0.4, -0.2) is 55.5 Å². The Kier molecular flexibility index (Phi) is 6.18. The lowest BCUT2D eigenvalue weighted by atomic mass is 10.0. The lowest BCUT2D eigenvalue weighted by molar-refractivity contribution is 0.0883. The van der Waals surface area contributed by atoms with E-state index in [2.05, 4.69) is 22.2 Å². The van der Waals surface area contributed by atoms with Crippen molar-refractivity contribution in [1.82, 2.24) is 15.1 Å². The number of hydrogen-bond acceptors (Lipinski definition) is 5. The van der Waals surface area contributed by atoms with Gasteiger partial charge in [0.15, 0.2) is 0 Å². The van der Waals surface area contributed by atoms with Crippen LogP contribution in [0.4, 0.5) is 0 Å². The second-order valence-electron chi connectivity index (χ2n) is 7.60. The maximum Gasteiger partial charge on any atom is 0.349 e. The highest BCUT2D eigenvalue weighted by Crippen LogP contribution is 2.23. The molecule has 6 nitrogen and oxygen atoms in total. The summed E-state index contributed by atoms with van der Waals surface area (Å²) in [7, 11) is 2.11. The fourth-order valence-electron chi connectivity index (χ4n) is 3.78. The average Bonchev–Trinajstić information content (AvgIpc) is 2.75. The van der Waals surface area contributed by atoms with E-state index in [9.17, 15) is 9.59 Å². The molecular weight excluding hydrogens is 402 g/mol. The summed E-state index contributed by atoms with van der Waals surface area (Å²) in [6.45, 7) is 4.12. The largest absolute Gasteiger partial charge is 0.422 e. The molecule has 1 fully saturated rings. The molecule has 156 valence electrons. The van der Waals surface area contributed by atoms with Crippen molar-refractivity contribution in [3.63, 3.8) is 0 Å². The molecule has 1 atom stereocenters. The molecule has 0 spiro atoms. The van der Waals surface area contributed by atoms with Gasteiger partial charge < -0.3 is 14.6 Å². The number of likely N-dealkylation sites (N-methyl/N-ethyl adjacent to an activating group) is 1. The Morgan fingerprint density at radius 1 is 1.10 bits per heavy atom. The predicted molar refractivity (Wildman–Crippen MR) is 118 cm³/mol. The number of hydrogen-bond donors (Lipinski definition) is 1. The summed E-state index contributed by atoms with van der Waals surface area (Å²) in [6, 6.07) is 16.4. The predicted octanol–water partition coefficient (Wildman–Crippen LogP) is 3.16. The Bertz CT molecular complexity index is 1090. The number of nitrogens with zero attached hydrogens (tertiary/aromatic N) is 2. The zero-order chi connectivity index (χ0) is 21.1. The molecule has 1 aliphatic heterocycles. The minimum absolute atomic E-state index is 0.00702. The number of carbonyl (C=O) groups excluding carboxylic acids is 1. The molecule has 2 aromatic carbocycles. The average molecular weight is 426 g/mol. The van der Waals surface area contributed by atoms with Crippen molar-refractivity contribution in [3.8, 4) is 0 Å². The molecule has 1 aliphatic rings. The maximum atomic E-state index is 12.8. The lowest BCUT2D eigenvalue weighted by Gasteiger charge is -2.38. The maximum absolute atomic E-state index is 12.8. The second kappa shape index (κ2) is 9.00. The van der Waals surface area contributed by atoms with Gasteiger partial charge >= 0.3 is 5.63 Å². The van der Waals surface area contributed by atoms with E-state index >= 15 is 0 Å². The van der Waals surface area contributed by atoms with Crippen LogP contribution in [0.3, 0.4) is 0 Å². The molecular formula is C23H24ClN3O3. The zero-order valence-electron chi connectivity index (χ0n) is 16.8. The summed E-state index contributed by atoms with van der Waals surface area (Å²) in [5, 5.41) is 4.33. The van der Waals surface area contributed by atoms with E-state index in [1.165, 1.54) is 0 Å². The molecule has 1 N–H and O–H groups in total. The number of piperazine rings is 1. The number of halogens is 1. The fraction of sp³-hybridized carbons (Fsp3) is 0.304. The molecule has 7 heteroatoms. The Morgan fingerprint density at radius 3 is 2.53 bits per heavy atom. The van der Waals surface area contributed by atoms with Crippen LogP contribution in [0.5, 0.6) is 0 Å². The van der Waals surface area contributed by atoms with Crippen LogP contribution in [0.2, 0.25) is 5.02 Å². The van der Waals surface area contributed by atoms with Crippen LogP contribution >= 0.6 is 11.6 Å². The van der Waals surface area contributed by atoms with E-state index < -0.39 is 11.5 Å². The van der Waals surface area contributed by atoms with Gasteiger partial charge in [-0.05, 0) is 36.9 Å². The fourth-order valence-corrected chi connectivity index (χ4v) is 3.91. The number of benzene rings is 2. The summed E-state index contributed by atoms with van der Waals surface area (Å²) in [4.78, 5) is 29.8. The van der Waals surface area contributed by atoms with Gasteiger partial charge in [-0.25, -0.2) is 4.79 Å². The van der Waals surface area contributed by atoms with Gasteiger partial charge in [0.05, 0.1) is 6.04 Å². The van der Waals surface area contributed by atoms with Gasteiger partial charge in [0.25, 0.3) is 5.91 Å². The zero-order valence-corrected chi connectivity index (χ0v) is 17.6. The topological polar surface area (TPSA) is 65.8 Å². The highest BCUT2D eigenvalue weighted by atomic mass is 35.5. The van der Waals surface area contributed by atoms with Gasteiger partial charge in [-0.15, -0.1) is 0 Å². The molecule has 30 heavy (non-hydrogen) atoms. The normalized spacial score (nSPS) is 16.5. The minimum Gasteiger partial charge on any atom is -0.422 e. The van der Waals surface area contributed by atoms with Crippen molar-refractivity contribution in [2.45, 2.75) is 6.04 Å². The SMILES string of the molecule is CN1CCN([C@H](CNC(=O)c2cc3ccccc3oc2=O)c2ccc(Cl)cc2)CC1. The van der Waals surface area contributed by atoms with Gasteiger partial charge in [-0.3, -0.25) is 9.69 Å². The van der Waals surface area contributed by atoms with E-state index in [-0.39, 0.29) is 11.6 Å². The second-order valence-corrected chi connectivity index (χ2v) is 8.04. The molecule has 0 radical (unpaired) electrons. The van der Waals surface area contributed by atoms with Crippen molar-refractivity contribution in [1.29, 1.82) is 0 Å². The number of nitrogens with one attached hydrogen (secondary N) is 1. The van der Waals surface area contributed by atoms with Crippen LogP contribution in [0, 0.1) is 0 Å². The first kappa shape index (κ1) is 20.6. The summed E-state index contributed by atoms with van der Waals surface area (Å²) in [5.41, 5.74) is 0.932. The van der Waals surface area contributed by atoms with E-state index in [1.807, 2.05) is 36.4 Å². The van der Waals surface area contributed by atoms with Crippen molar-refractivity contribution in [2.75, 3.05) is 39.8 Å². The molecule has 1 aromatic heterocycles. The van der Waals surface area contributed by atoms with Gasteiger partial charge in [-0.2, -0.15) is 0 Å². The van der Waals surface area contributed by atoms with Crippen molar-refractivity contribution in [3.05, 3.63) is 81.2 Å². The molecule has 0 unspecified atom stereocenters. The van der Waals surface area contributed by atoms with Crippen LogP contribution in [0.15, 0.2) is 63.8 Å². The van der Waals surface area contributed by atoms with Gasteiger partial charge in [0.2, 0.25) is 0 Å². The molecule has 1 saturated heterocycles. The van der Waals surface area contributed by atoms with E-state index in [0.717, 1.165) is 37.1 Å². The van der Waals surface area contributed by atoms with Crippen molar-refractivity contribution >= 4 is 28.5 Å². The number of para-hydroxylation sites is 1. The standard InChI is InChI=1S/C23H24ClN3O3/c1-26-10-12-27(13-11-26)20(16-6-8-18(24)9-7-16)15-25-22(28)19-14-17-4-2-3-5-21(17)30-23(19)29/h2-9,14,20H,10-13,15H2,1H3,(H,25,28)/t20-/m1/s1. The first-order chi connectivity index (χ1) is 14.5.